The first kappa shape index (κ1) is 22.4. The van der Waals surface area contributed by atoms with E-state index in [-0.39, 0.29) is 6.03 Å². The number of rotatable bonds is 4. The minimum absolute atomic E-state index is 0.186. The van der Waals surface area contributed by atoms with Crippen molar-refractivity contribution in [3.63, 3.8) is 0 Å². The number of aryl methyl sites for hydroxylation is 1. The minimum Gasteiger partial charge on any atom is -0.341 e. The Bertz CT molecular complexity index is 1090. The van der Waals surface area contributed by atoms with Gasteiger partial charge in [-0.05, 0) is 97.8 Å². The lowest BCUT2D eigenvalue weighted by molar-refractivity contribution is 0.244. The molecule has 6 heteroatoms. The summed E-state index contributed by atoms with van der Waals surface area (Å²) in [4.78, 5) is 22.5. The standard InChI is InChI=1S/C26H30N4OS/c1-18-10-13-24(32-17-18)25-22(9-6-8-21(30-25)16-29-26(31)27-2)19-11-12-23-20(15-19)7-4-3-5-14-28-23/h10-12,14-15,17H,3-9,16H2,1-2H3,(H2,27,29,31). The van der Waals surface area contributed by atoms with E-state index in [0.717, 1.165) is 54.1 Å². The molecule has 0 bridgehead atoms. The zero-order valence-electron chi connectivity index (χ0n) is 18.8. The maximum atomic E-state index is 11.7. The molecule has 0 radical (unpaired) electrons. The van der Waals surface area contributed by atoms with Crippen molar-refractivity contribution in [3.05, 3.63) is 62.7 Å². The summed E-state index contributed by atoms with van der Waals surface area (Å²) in [6.07, 6.45) is 11.4. The molecule has 0 saturated heterocycles. The highest BCUT2D eigenvalue weighted by atomic mass is 32.2. The number of amides is 2. The molecule has 0 saturated carbocycles. The molecular weight excluding hydrogens is 416 g/mol. The Kier molecular flexibility index (Phi) is 7.46. The number of aliphatic imine (C=N–C) groups is 2. The van der Waals surface area contributed by atoms with E-state index in [1.807, 2.05) is 12.3 Å². The topological polar surface area (TPSA) is 65.8 Å². The molecule has 3 aliphatic rings. The lowest BCUT2D eigenvalue weighted by Crippen LogP contribution is -2.36. The molecule has 0 aliphatic carbocycles. The molecule has 0 spiro atoms. The van der Waals surface area contributed by atoms with Crippen molar-refractivity contribution in [2.75, 3.05) is 13.6 Å². The Labute approximate surface area is 194 Å². The van der Waals surface area contributed by atoms with Gasteiger partial charge in [0.2, 0.25) is 0 Å². The van der Waals surface area contributed by atoms with Crippen molar-refractivity contribution in [3.8, 4) is 0 Å². The largest absolute Gasteiger partial charge is 0.341 e. The number of hydrogen-bond donors (Lipinski definition) is 2. The monoisotopic (exact) mass is 446 g/mol. The normalized spacial score (nSPS) is 18.5. The zero-order valence-corrected chi connectivity index (χ0v) is 19.6. The molecule has 1 aromatic rings. The SMILES string of the molecule is CNC(=O)NCC1=NC(C2=C=CC(C)=CS2)=C(c2ccc3c(c2)CCCCC=N3)CCC1. The molecule has 5 nitrogen and oxygen atoms in total. The van der Waals surface area contributed by atoms with E-state index in [1.54, 1.807) is 18.8 Å². The van der Waals surface area contributed by atoms with Crippen molar-refractivity contribution in [2.24, 2.45) is 9.98 Å². The van der Waals surface area contributed by atoms with Crippen LogP contribution in [-0.2, 0) is 6.42 Å². The van der Waals surface area contributed by atoms with Gasteiger partial charge in [0, 0.05) is 19.0 Å². The lowest BCUT2D eigenvalue weighted by atomic mass is 9.94. The van der Waals surface area contributed by atoms with Crippen LogP contribution in [0.5, 0.6) is 0 Å². The molecule has 4 rings (SSSR count). The van der Waals surface area contributed by atoms with Crippen LogP contribution in [0.25, 0.3) is 5.57 Å². The molecule has 32 heavy (non-hydrogen) atoms. The van der Waals surface area contributed by atoms with Gasteiger partial charge in [-0.15, -0.1) is 5.73 Å². The van der Waals surface area contributed by atoms with Gasteiger partial charge in [0.05, 0.1) is 22.8 Å². The Morgan fingerprint density at radius 3 is 2.91 bits per heavy atom. The fraction of sp³-hybridized carbons (Fsp3) is 0.385. The molecule has 166 valence electrons. The average Bonchev–Trinajstić information content (AvgIpc) is 3.01. The van der Waals surface area contributed by atoms with Crippen LogP contribution in [0.3, 0.4) is 0 Å². The van der Waals surface area contributed by atoms with E-state index >= 15 is 0 Å². The van der Waals surface area contributed by atoms with Gasteiger partial charge in [0.15, 0.2) is 0 Å². The molecule has 3 aliphatic heterocycles. The van der Waals surface area contributed by atoms with Crippen LogP contribution in [0.2, 0.25) is 0 Å². The van der Waals surface area contributed by atoms with Gasteiger partial charge in [0.25, 0.3) is 0 Å². The Hall–Kier alpha value is -2.82. The van der Waals surface area contributed by atoms with Crippen molar-refractivity contribution < 1.29 is 4.79 Å². The van der Waals surface area contributed by atoms with Crippen LogP contribution in [-0.4, -0.2) is 31.5 Å². The summed E-state index contributed by atoms with van der Waals surface area (Å²) >= 11 is 1.68. The molecule has 0 fully saturated rings. The van der Waals surface area contributed by atoms with Crippen molar-refractivity contribution in [1.82, 2.24) is 10.6 Å². The summed E-state index contributed by atoms with van der Waals surface area (Å²) in [6.45, 7) is 2.53. The highest BCUT2D eigenvalue weighted by Crippen LogP contribution is 2.39. The number of carbonyl (C=O) groups excluding carboxylic acids is 1. The van der Waals surface area contributed by atoms with Gasteiger partial charge in [0.1, 0.15) is 0 Å². The molecule has 3 heterocycles. The summed E-state index contributed by atoms with van der Waals surface area (Å²) in [7, 11) is 1.63. The minimum atomic E-state index is -0.186. The number of nitrogens with one attached hydrogen (secondary N) is 2. The second-order valence-electron chi connectivity index (χ2n) is 8.29. The van der Waals surface area contributed by atoms with Crippen LogP contribution in [0, 0.1) is 0 Å². The van der Waals surface area contributed by atoms with Crippen LogP contribution >= 0.6 is 11.8 Å². The zero-order chi connectivity index (χ0) is 22.3. The average molecular weight is 447 g/mol. The van der Waals surface area contributed by atoms with E-state index in [9.17, 15) is 4.79 Å². The van der Waals surface area contributed by atoms with Crippen molar-refractivity contribution >= 4 is 41.0 Å². The molecule has 2 amide bonds. The molecular formula is C26H30N4OS. The predicted octanol–water partition coefficient (Wildman–Crippen LogP) is 6.07. The third kappa shape index (κ3) is 5.50. The number of thioether (sulfide) groups is 1. The van der Waals surface area contributed by atoms with E-state index in [2.05, 4.69) is 51.9 Å². The predicted molar refractivity (Wildman–Crippen MR) is 136 cm³/mol. The molecule has 0 unspecified atom stereocenters. The van der Waals surface area contributed by atoms with Gasteiger partial charge in [-0.2, -0.15) is 0 Å². The summed E-state index contributed by atoms with van der Waals surface area (Å²) in [5, 5.41) is 7.65. The van der Waals surface area contributed by atoms with Crippen molar-refractivity contribution in [1.29, 1.82) is 0 Å². The first-order valence-corrected chi connectivity index (χ1v) is 12.2. The third-order valence-corrected chi connectivity index (χ3v) is 6.86. The fourth-order valence-electron chi connectivity index (χ4n) is 4.07. The number of hydrogen-bond acceptors (Lipinski definition) is 4. The number of benzene rings is 1. The van der Waals surface area contributed by atoms with Gasteiger partial charge >= 0.3 is 6.03 Å². The van der Waals surface area contributed by atoms with Gasteiger partial charge in [-0.3, -0.25) is 9.98 Å². The summed E-state index contributed by atoms with van der Waals surface area (Å²) in [5.41, 5.74) is 11.5. The maximum absolute atomic E-state index is 11.7. The number of carbonyl (C=O) groups is 1. The Balaban J connectivity index is 1.77. The summed E-state index contributed by atoms with van der Waals surface area (Å²) < 4.78 is 0. The maximum Gasteiger partial charge on any atom is 0.314 e. The summed E-state index contributed by atoms with van der Waals surface area (Å²) in [6, 6.07) is 6.47. The molecule has 0 atom stereocenters. The first-order chi connectivity index (χ1) is 15.6. The van der Waals surface area contributed by atoms with E-state index in [4.69, 9.17) is 4.99 Å². The van der Waals surface area contributed by atoms with E-state index in [0.29, 0.717) is 6.54 Å². The summed E-state index contributed by atoms with van der Waals surface area (Å²) in [5.74, 6) is 0. The van der Waals surface area contributed by atoms with E-state index in [1.165, 1.54) is 35.1 Å². The molecule has 2 N–H and O–H groups in total. The Morgan fingerprint density at radius 1 is 1.19 bits per heavy atom. The molecule has 1 aromatic carbocycles. The van der Waals surface area contributed by atoms with Crippen LogP contribution in [0.4, 0.5) is 10.5 Å². The van der Waals surface area contributed by atoms with Gasteiger partial charge in [-0.25, -0.2) is 4.79 Å². The number of allylic oxidation sites excluding steroid dienone is 2. The second kappa shape index (κ2) is 10.7. The second-order valence-corrected chi connectivity index (χ2v) is 9.17. The van der Waals surface area contributed by atoms with Gasteiger partial charge < -0.3 is 10.6 Å². The first-order valence-electron chi connectivity index (χ1n) is 11.4. The number of nitrogens with zero attached hydrogens (tertiary/aromatic N) is 2. The van der Waals surface area contributed by atoms with Crippen LogP contribution in [0.1, 0.15) is 56.6 Å². The van der Waals surface area contributed by atoms with Crippen molar-refractivity contribution in [2.45, 2.75) is 51.9 Å². The number of fused-ring (bicyclic) bond motifs is 1. The fourth-order valence-corrected chi connectivity index (χ4v) is 4.85. The quantitative estimate of drug-likeness (QED) is 0.551. The molecule has 0 aromatic heterocycles. The van der Waals surface area contributed by atoms with Crippen LogP contribution < -0.4 is 10.6 Å². The third-order valence-electron chi connectivity index (χ3n) is 5.82. The number of urea groups is 1. The van der Waals surface area contributed by atoms with Gasteiger partial charge in [-0.1, -0.05) is 17.8 Å². The Morgan fingerprint density at radius 2 is 2.09 bits per heavy atom. The highest BCUT2D eigenvalue weighted by Gasteiger charge is 2.20. The van der Waals surface area contributed by atoms with Crippen LogP contribution in [0.15, 0.2) is 61.6 Å². The highest BCUT2D eigenvalue weighted by molar-refractivity contribution is 8.06. The van der Waals surface area contributed by atoms with E-state index < -0.39 is 0 Å². The lowest BCUT2D eigenvalue weighted by Gasteiger charge is -2.16. The smallest absolute Gasteiger partial charge is 0.314 e.